The predicted molar refractivity (Wildman–Crippen MR) is 190 cm³/mol. The van der Waals surface area contributed by atoms with E-state index in [-0.39, 0.29) is 22.9 Å². The van der Waals surface area contributed by atoms with Gasteiger partial charge in [-0.05, 0) is 96.7 Å². The molecule has 0 heterocycles. The topological polar surface area (TPSA) is 124 Å². The summed E-state index contributed by atoms with van der Waals surface area (Å²) in [6.45, 7) is -0.264. The number of ether oxygens (including phenoxy) is 4. The van der Waals surface area contributed by atoms with E-state index in [2.05, 4.69) is 5.32 Å². The molecule has 2 unspecified atom stereocenters. The Balaban J connectivity index is 1.70. The summed E-state index contributed by atoms with van der Waals surface area (Å²) >= 11 is 12.8. The second kappa shape index (κ2) is 17.7. The minimum absolute atomic E-state index is 0.105. The molecule has 4 rings (SSSR count). The maximum Gasteiger partial charge on any atom is 0.309 e. The van der Waals surface area contributed by atoms with E-state index in [4.69, 9.17) is 42.1 Å². The van der Waals surface area contributed by atoms with E-state index in [0.717, 1.165) is 39.7 Å². The van der Waals surface area contributed by atoms with Crippen molar-refractivity contribution in [1.82, 2.24) is 9.62 Å². The van der Waals surface area contributed by atoms with Gasteiger partial charge in [-0.2, -0.15) is 4.31 Å². The number of carboxylic acids is 1. The van der Waals surface area contributed by atoms with Crippen LogP contribution in [-0.4, -0.2) is 71.9 Å². The van der Waals surface area contributed by atoms with Gasteiger partial charge < -0.3 is 29.4 Å². The standard InChI is InChI=1S/C36H39Cl2FN2O8S/c1-46-31-13-5-23(19-33(31)48-3)15-17-40-35(28-12-7-25(37)21-30(28)38)29(36(42)43)22-41(50(44,45)27-10-8-26(39)9-11-27)18-16-24-6-14-32(47-2)34(20-24)49-4/h5-14,19-21,29,35,40H,15-18,22H2,1-4H3,(H,42,43). The van der Waals surface area contributed by atoms with Gasteiger partial charge >= 0.3 is 5.97 Å². The Morgan fingerprint density at radius 3 is 1.88 bits per heavy atom. The largest absolute Gasteiger partial charge is 0.493 e. The first-order chi connectivity index (χ1) is 23.9. The minimum atomic E-state index is -4.32. The van der Waals surface area contributed by atoms with Crippen molar-refractivity contribution in [2.75, 3.05) is 48.1 Å². The quantitative estimate of drug-likeness (QED) is 0.115. The van der Waals surface area contributed by atoms with E-state index < -0.39 is 40.3 Å². The molecule has 0 amide bonds. The summed E-state index contributed by atoms with van der Waals surface area (Å²) in [6, 6.07) is 18.8. The Morgan fingerprint density at radius 1 is 0.800 bits per heavy atom. The number of aliphatic carboxylic acids is 1. The number of carboxylic acid groups (broad SMARTS) is 1. The Bertz CT molecular complexity index is 1880. The van der Waals surface area contributed by atoms with Crippen molar-refractivity contribution in [2.24, 2.45) is 5.92 Å². The van der Waals surface area contributed by atoms with Crippen LogP contribution in [0.4, 0.5) is 4.39 Å². The Morgan fingerprint density at radius 2 is 1.36 bits per heavy atom. The lowest BCUT2D eigenvalue weighted by Crippen LogP contribution is -2.44. The number of carbonyl (C=O) groups is 1. The van der Waals surface area contributed by atoms with Crippen molar-refractivity contribution < 1.29 is 41.7 Å². The number of nitrogens with one attached hydrogen (secondary N) is 1. The third-order valence-corrected chi connectivity index (χ3v) is 10.6. The second-order valence-electron chi connectivity index (χ2n) is 11.2. The van der Waals surface area contributed by atoms with Crippen molar-refractivity contribution in [1.29, 1.82) is 0 Å². The highest BCUT2D eigenvalue weighted by Crippen LogP contribution is 2.34. The van der Waals surface area contributed by atoms with E-state index in [9.17, 15) is 22.7 Å². The monoisotopic (exact) mass is 748 g/mol. The van der Waals surface area contributed by atoms with Crippen molar-refractivity contribution >= 4 is 39.2 Å². The lowest BCUT2D eigenvalue weighted by molar-refractivity contribution is -0.143. The number of halogens is 3. The fraction of sp³-hybridized carbons (Fsp3) is 0.306. The molecule has 0 aliphatic rings. The number of rotatable bonds is 18. The molecule has 0 spiro atoms. The smallest absolute Gasteiger partial charge is 0.309 e. The Hall–Kier alpha value is -4.07. The molecule has 0 aliphatic heterocycles. The first-order valence-corrected chi connectivity index (χ1v) is 17.7. The summed E-state index contributed by atoms with van der Waals surface area (Å²) in [5.41, 5.74) is 2.03. The predicted octanol–water partition coefficient (Wildman–Crippen LogP) is 6.67. The van der Waals surface area contributed by atoms with Crippen LogP contribution in [0.1, 0.15) is 22.7 Å². The van der Waals surface area contributed by atoms with E-state index in [1.807, 2.05) is 12.1 Å². The SMILES string of the molecule is COc1ccc(CCNC(c2ccc(Cl)cc2Cl)C(CN(CCc2ccc(OC)c(OC)c2)S(=O)(=O)c2ccc(F)cc2)C(=O)O)cc1OC. The number of hydrogen-bond acceptors (Lipinski definition) is 8. The normalized spacial score (nSPS) is 12.7. The van der Waals surface area contributed by atoms with Crippen LogP contribution in [0.5, 0.6) is 23.0 Å². The number of hydrogen-bond donors (Lipinski definition) is 2. The molecule has 50 heavy (non-hydrogen) atoms. The van der Waals surface area contributed by atoms with E-state index in [1.54, 1.807) is 43.5 Å². The summed E-state index contributed by atoms with van der Waals surface area (Å²) in [7, 11) is 1.76. The summed E-state index contributed by atoms with van der Waals surface area (Å²) in [5.74, 6) is -1.14. The van der Waals surface area contributed by atoms with Gasteiger partial charge in [0.05, 0.1) is 39.3 Å². The van der Waals surface area contributed by atoms with Gasteiger partial charge in [-0.3, -0.25) is 4.79 Å². The highest BCUT2D eigenvalue weighted by molar-refractivity contribution is 7.89. The van der Waals surface area contributed by atoms with Crippen LogP contribution in [0.3, 0.4) is 0 Å². The fourth-order valence-corrected chi connectivity index (χ4v) is 7.52. The van der Waals surface area contributed by atoms with E-state index in [1.165, 1.54) is 27.4 Å². The molecule has 0 aliphatic carbocycles. The van der Waals surface area contributed by atoms with Gasteiger partial charge in [-0.1, -0.05) is 41.4 Å². The van der Waals surface area contributed by atoms with Crippen molar-refractivity contribution in [3.05, 3.63) is 111 Å². The van der Waals surface area contributed by atoms with Gasteiger partial charge in [0.1, 0.15) is 5.82 Å². The molecule has 0 aromatic heterocycles. The fourth-order valence-electron chi connectivity index (χ4n) is 5.53. The van der Waals surface area contributed by atoms with Crippen LogP contribution in [0.25, 0.3) is 0 Å². The van der Waals surface area contributed by atoms with Gasteiger partial charge in [-0.15, -0.1) is 0 Å². The minimum Gasteiger partial charge on any atom is -0.493 e. The van der Waals surface area contributed by atoms with Crippen LogP contribution in [-0.2, 0) is 27.7 Å². The summed E-state index contributed by atoms with van der Waals surface area (Å²) in [6.07, 6.45) is 0.664. The zero-order chi connectivity index (χ0) is 36.4. The Labute approximate surface area is 301 Å². The average molecular weight is 750 g/mol. The van der Waals surface area contributed by atoms with Crippen LogP contribution in [0, 0.1) is 11.7 Å². The van der Waals surface area contributed by atoms with Gasteiger partial charge in [0.25, 0.3) is 0 Å². The molecule has 4 aromatic rings. The lowest BCUT2D eigenvalue weighted by atomic mass is 9.92. The van der Waals surface area contributed by atoms with Crippen LogP contribution in [0.2, 0.25) is 10.0 Å². The van der Waals surface area contributed by atoms with Crippen LogP contribution < -0.4 is 24.3 Å². The highest BCUT2D eigenvalue weighted by Gasteiger charge is 2.36. The lowest BCUT2D eigenvalue weighted by Gasteiger charge is -2.31. The molecule has 10 nitrogen and oxygen atoms in total. The van der Waals surface area contributed by atoms with Gasteiger partial charge in [0, 0.05) is 29.2 Å². The zero-order valence-corrected chi connectivity index (χ0v) is 30.3. The first-order valence-electron chi connectivity index (χ1n) is 15.5. The molecule has 0 fully saturated rings. The summed E-state index contributed by atoms with van der Waals surface area (Å²) in [5, 5.41) is 14.6. The van der Waals surface area contributed by atoms with Gasteiger partial charge in [-0.25, -0.2) is 12.8 Å². The third-order valence-electron chi connectivity index (χ3n) is 8.19. The molecular formula is C36H39Cl2FN2O8S. The first kappa shape index (κ1) is 38.7. The summed E-state index contributed by atoms with van der Waals surface area (Å²) in [4.78, 5) is 12.9. The molecule has 0 saturated carbocycles. The van der Waals surface area contributed by atoms with Crippen LogP contribution >= 0.6 is 23.2 Å². The van der Waals surface area contributed by atoms with E-state index in [0.29, 0.717) is 46.5 Å². The average Bonchev–Trinajstić information content (AvgIpc) is 3.10. The van der Waals surface area contributed by atoms with Gasteiger partial charge in [0.2, 0.25) is 10.0 Å². The molecule has 0 saturated heterocycles. The van der Waals surface area contributed by atoms with Crippen LogP contribution in [0.15, 0.2) is 83.8 Å². The summed E-state index contributed by atoms with van der Waals surface area (Å²) < 4.78 is 64.6. The molecular weight excluding hydrogens is 710 g/mol. The Kier molecular flexibility index (Phi) is 13.7. The molecule has 14 heteroatoms. The molecule has 268 valence electrons. The third kappa shape index (κ3) is 9.58. The number of sulfonamides is 1. The number of methoxy groups -OCH3 is 4. The molecule has 2 N–H and O–H groups in total. The van der Waals surface area contributed by atoms with E-state index >= 15 is 0 Å². The second-order valence-corrected chi connectivity index (χ2v) is 14.0. The van der Waals surface area contributed by atoms with Gasteiger partial charge in [0.15, 0.2) is 23.0 Å². The maximum absolute atomic E-state index is 14.1. The molecule has 0 radical (unpaired) electrons. The molecule has 2 atom stereocenters. The van der Waals surface area contributed by atoms with Crippen molar-refractivity contribution in [2.45, 2.75) is 23.8 Å². The number of nitrogens with zero attached hydrogens (tertiary/aromatic N) is 1. The maximum atomic E-state index is 14.1. The molecule has 4 aromatic carbocycles. The number of benzene rings is 4. The van der Waals surface area contributed by atoms with Crippen molar-refractivity contribution in [3.63, 3.8) is 0 Å². The van der Waals surface area contributed by atoms with Crippen molar-refractivity contribution in [3.8, 4) is 23.0 Å². The zero-order valence-electron chi connectivity index (χ0n) is 28.0. The highest BCUT2D eigenvalue weighted by atomic mass is 35.5. The molecule has 0 bridgehead atoms.